The lowest BCUT2D eigenvalue weighted by Crippen LogP contribution is -2.51. The summed E-state index contributed by atoms with van der Waals surface area (Å²) in [6.45, 7) is 1.09. The van der Waals surface area contributed by atoms with Gasteiger partial charge in [-0.15, -0.1) is 0 Å². The Kier molecular flexibility index (Phi) is 3.50. The predicted octanol–water partition coefficient (Wildman–Crippen LogP) is 1.57. The lowest BCUT2D eigenvalue weighted by Gasteiger charge is -2.37. The molecule has 0 spiro atoms. The quantitative estimate of drug-likeness (QED) is 0.506. The van der Waals surface area contributed by atoms with Crippen LogP contribution in [0.2, 0.25) is 0 Å². The fraction of sp³-hybridized carbons (Fsp3) is 0.500. The van der Waals surface area contributed by atoms with E-state index in [0.29, 0.717) is 18.7 Å². The van der Waals surface area contributed by atoms with Gasteiger partial charge in [-0.05, 0) is 31.4 Å². The molecule has 2 N–H and O–H groups in total. The van der Waals surface area contributed by atoms with Crippen molar-refractivity contribution in [1.29, 1.82) is 0 Å². The van der Waals surface area contributed by atoms with Gasteiger partial charge >= 0.3 is 0 Å². The molecule has 1 aromatic carbocycles. The molecule has 2 aliphatic rings. The third-order valence-electron chi connectivity index (χ3n) is 4.21. The molecule has 1 amide bonds. The Morgan fingerprint density at radius 2 is 2.24 bits per heavy atom. The molecule has 112 valence electrons. The molecule has 7 heteroatoms. The predicted molar refractivity (Wildman–Crippen MR) is 75.9 cm³/mol. The van der Waals surface area contributed by atoms with Crippen LogP contribution >= 0.6 is 0 Å². The summed E-state index contributed by atoms with van der Waals surface area (Å²) in [4.78, 5) is 24.7. The maximum Gasteiger partial charge on any atom is 0.292 e. The minimum absolute atomic E-state index is 0.0158. The Hall–Kier alpha value is -2.15. The van der Waals surface area contributed by atoms with Crippen LogP contribution < -0.4 is 5.73 Å². The van der Waals surface area contributed by atoms with Crippen LogP contribution in [0.5, 0.6) is 0 Å². The number of nitro groups is 1. The van der Waals surface area contributed by atoms with Gasteiger partial charge in [0.2, 0.25) is 0 Å². The van der Waals surface area contributed by atoms with E-state index >= 15 is 0 Å². The van der Waals surface area contributed by atoms with Crippen molar-refractivity contribution < 1.29 is 14.5 Å². The highest BCUT2D eigenvalue weighted by atomic mass is 16.6. The lowest BCUT2D eigenvalue weighted by atomic mass is 10.1. The zero-order chi connectivity index (χ0) is 15.0. The third-order valence-corrected chi connectivity index (χ3v) is 4.21. The fourth-order valence-corrected chi connectivity index (χ4v) is 3.20. The number of nitrogens with zero attached hydrogens (tertiary/aromatic N) is 2. The number of ether oxygens (including phenoxy) is 1. The van der Waals surface area contributed by atoms with Crippen LogP contribution in [-0.4, -0.2) is 41.0 Å². The van der Waals surface area contributed by atoms with Gasteiger partial charge in [0, 0.05) is 18.2 Å². The van der Waals surface area contributed by atoms with Gasteiger partial charge in [-0.1, -0.05) is 0 Å². The van der Waals surface area contributed by atoms with Gasteiger partial charge in [-0.2, -0.15) is 0 Å². The number of benzene rings is 1. The van der Waals surface area contributed by atoms with Crippen molar-refractivity contribution in [3.63, 3.8) is 0 Å². The second kappa shape index (κ2) is 5.33. The molecule has 7 nitrogen and oxygen atoms in total. The van der Waals surface area contributed by atoms with Crippen molar-refractivity contribution in [2.75, 3.05) is 18.9 Å². The normalized spacial score (nSPS) is 24.7. The number of morpholine rings is 1. The minimum atomic E-state index is -0.550. The van der Waals surface area contributed by atoms with Crippen molar-refractivity contribution in [3.05, 3.63) is 33.9 Å². The van der Waals surface area contributed by atoms with E-state index in [4.69, 9.17) is 10.5 Å². The topological polar surface area (TPSA) is 98.7 Å². The molecule has 0 aromatic heterocycles. The zero-order valence-electron chi connectivity index (χ0n) is 11.5. The number of amides is 1. The largest absolute Gasteiger partial charge is 0.393 e. The smallest absolute Gasteiger partial charge is 0.292 e. The first kappa shape index (κ1) is 13.8. The van der Waals surface area contributed by atoms with Crippen LogP contribution in [0.3, 0.4) is 0 Å². The number of nitrogens with two attached hydrogens (primary N) is 1. The van der Waals surface area contributed by atoms with Crippen LogP contribution in [0.1, 0.15) is 29.6 Å². The van der Waals surface area contributed by atoms with E-state index in [1.54, 1.807) is 0 Å². The summed E-state index contributed by atoms with van der Waals surface area (Å²) in [5, 5.41) is 10.8. The average Bonchev–Trinajstić information content (AvgIpc) is 2.94. The Morgan fingerprint density at radius 1 is 1.43 bits per heavy atom. The number of hydrogen-bond donors (Lipinski definition) is 1. The van der Waals surface area contributed by atoms with E-state index in [0.717, 1.165) is 19.3 Å². The Bertz CT molecular complexity index is 590. The molecule has 2 atom stereocenters. The first-order valence-corrected chi connectivity index (χ1v) is 7.04. The highest BCUT2D eigenvalue weighted by Gasteiger charge is 2.38. The van der Waals surface area contributed by atoms with Crippen molar-refractivity contribution in [3.8, 4) is 0 Å². The number of carbonyl (C=O) groups is 1. The summed E-state index contributed by atoms with van der Waals surface area (Å²) in [5.74, 6) is -0.128. The summed E-state index contributed by atoms with van der Waals surface area (Å²) in [6.07, 6.45) is 3.11. The number of nitrogen functional groups attached to an aromatic ring is 1. The molecule has 2 fully saturated rings. The summed E-state index contributed by atoms with van der Waals surface area (Å²) in [6, 6.07) is 4.26. The fourth-order valence-electron chi connectivity index (χ4n) is 3.20. The van der Waals surface area contributed by atoms with Crippen LogP contribution in [-0.2, 0) is 4.74 Å². The summed E-state index contributed by atoms with van der Waals surface area (Å²) in [5.41, 5.74) is 5.90. The Morgan fingerprint density at radius 3 is 2.95 bits per heavy atom. The molecular formula is C14H17N3O4. The summed E-state index contributed by atoms with van der Waals surface area (Å²) >= 11 is 0. The van der Waals surface area contributed by atoms with E-state index < -0.39 is 4.92 Å². The molecule has 1 saturated carbocycles. The number of fused-ring (bicyclic) bond motifs is 1. The Labute approximate surface area is 121 Å². The van der Waals surface area contributed by atoms with Gasteiger partial charge < -0.3 is 15.4 Å². The molecule has 0 radical (unpaired) electrons. The Balaban J connectivity index is 1.84. The SMILES string of the molecule is Nc1cc(C(=O)N2CCOC3CCCC32)ccc1[N+](=O)[O-]. The summed E-state index contributed by atoms with van der Waals surface area (Å²) in [7, 11) is 0. The van der Waals surface area contributed by atoms with Gasteiger partial charge in [0.1, 0.15) is 5.69 Å². The molecule has 1 heterocycles. The first-order chi connectivity index (χ1) is 10.1. The highest BCUT2D eigenvalue weighted by molar-refractivity contribution is 5.96. The first-order valence-electron chi connectivity index (χ1n) is 7.04. The van der Waals surface area contributed by atoms with Crippen LogP contribution in [0.4, 0.5) is 11.4 Å². The maximum atomic E-state index is 12.6. The molecule has 1 aromatic rings. The van der Waals surface area contributed by atoms with Gasteiger partial charge in [0.15, 0.2) is 0 Å². The second-order valence-corrected chi connectivity index (χ2v) is 5.44. The highest BCUT2D eigenvalue weighted by Crippen LogP contribution is 2.31. The van der Waals surface area contributed by atoms with E-state index in [2.05, 4.69) is 0 Å². The standard InChI is InChI=1S/C14H17N3O4/c15-10-8-9(4-5-11(10)17(19)20)14(18)16-6-7-21-13-3-1-2-12(13)16/h4-5,8,12-13H,1-3,6-7,15H2. The van der Waals surface area contributed by atoms with E-state index in [1.807, 2.05) is 4.90 Å². The number of hydrogen-bond acceptors (Lipinski definition) is 5. The average molecular weight is 291 g/mol. The van der Waals surface area contributed by atoms with E-state index in [-0.39, 0.29) is 29.4 Å². The van der Waals surface area contributed by atoms with E-state index in [1.165, 1.54) is 18.2 Å². The number of nitro benzene ring substituents is 1. The second-order valence-electron chi connectivity index (χ2n) is 5.44. The molecular weight excluding hydrogens is 274 g/mol. The number of anilines is 1. The molecule has 2 unspecified atom stereocenters. The van der Waals surface area contributed by atoms with E-state index in [9.17, 15) is 14.9 Å². The van der Waals surface area contributed by atoms with Gasteiger partial charge in [-0.25, -0.2) is 0 Å². The van der Waals surface area contributed by atoms with Crippen molar-refractivity contribution in [1.82, 2.24) is 4.90 Å². The molecule has 3 rings (SSSR count). The van der Waals surface area contributed by atoms with Crippen LogP contribution in [0.25, 0.3) is 0 Å². The summed E-state index contributed by atoms with van der Waals surface area (Å²) < 4.78 is 5.68. The zero-order valence-corrected chi connectivity index (χ0v) is 11.5. The van der Waals surface area contributed by atoms with Gasteiger partial charge in [0.25, 0.3) is 11.6 Å². The van der Waals surface area contributed by atoms with Crippen LogP contribution in [0.15, 0.2) is 18.2 Å². The number of carbonyl (C=O) groups excluding carboxylic acids is 1. The molecule has 21 heavy (non-hydrogen) atoms. The molecule has 1 saturated heterocycles. The molecule has 1 aliphatic carbocycles. The number of rotatable bonds is 2. The van der Waals surface area contributed by atoms with Crippen molar-refractivity contribution in [2.24, 2.45) is 0 Å². The van der Waals surface area contributed by atoms with Crippen LogP contribution in [0, 0.1) is 10.1 Å². The van der Waals surface area contributed by atoms with Crippen molar-refractivity contribution in [2.45, 2.75) is 31.4 Å². The third kappa shape index (κ3) is 2.44. The lowest BCUT2D eigenvalue weighted by molar-refractivity contribution is -0.383. The monoisotopic (exact) mass is 291 g/mol. The van der Waals surface area contributed by atoms with Crippen molar-refractivity contribution >= 4 is 17.3 Å². The minimum Gasteiger partial charge on any atom is -0.393 e. The van der Waals surface area contributed by atoms with Gasteiger partial charge in [0.05, 0.1) is 23.7 Å². The molecule has 0 bridgehead atoms. The van der Waals surface area contributed by atoms with Gasteiger partial charge in [-0.3, -0.25) is 14.9 Å². The maximum absolute atomic E-state index is 12.6. The molecule has 1 aliphatic heterocycles.